The fourth-order valence-electron chi connectivity index (χ4n) is 2.93. The van der Waals surface area contributed by atoms with Gasteiger partial charge < -0.3 is 15.4 Å². The highest BCUT2D eigenvalue weighted by molar-refractivity contribution is 5.84. The molecule has 1 aromatic rings. The number of nitrogens with one attached hydrogen (secondary N) is 2. The van der Waals surface area contributed by atoms with E-state index in [1.54, 1.807) is 7.11 Å². The number of methoxy groups -OCH3 is 1. The standard InChI is InChI=1S/C14H19N3O2/c1-19-12-4-2-3-10(7-12)13-14(18)16-9-11-8-15-5-6-17(11)13/h2-4,7,11,13,15H,5-6,8-9H2,1H3,(H,16,18). The second-order valence-electron chi connectivity index (χ2n) is 5.02. The molecule has 2 fully saturated rings. The summed E-state index contributed by atoms with van der Waals surface area (Å²) < 4.78 is 5.25. The van der Waals surface area contributed by atoms with Crippen LogP contribution in [0.5, 0.6) is 5.75 Å². The minimum atomic E-state index is -0.198. The van der Waals surface area contributed by atoms with Gasteiger partial charge >= 0.3 is 0 Å². The van der Waals surface area contributed by atoms with Gasteiger partial charge in [0.1, 0.15) is 11.8 Å². The Kier molecular flexibility index (Phi) is 3.40. The van der Waals surface area contributed by atoms with Crippen molar-refractivity contribution < 1.29 is 9.53 Å². The summed E-state index contributed by atoms with van der Waals surface area (Å²) in [7, 11) is 1.65. The molecule has 2 heterocycles. The van der Waals surface area contributed by atoms with E-state index in [0.29, 0.717) is 6.04 Å². The van der Waals surface area contributed by atoms with Crippen LogP contribution in [0.25, 0.3) is 0 Å². The minimum absolute atomic E-state index is 0.0893. The monoisotopic (exact) mass is 261 g/mol. The van der Waals surface area contributed by atoms with Crippen molar-refractivity contribution in [1.29, 1.82) is 0 Å². The van der Waals surface area contributed by atoms with E-state index in [0.717, 1.165) is 37.5 Å². The first-order valence-corrected chi connectivity index (χ1v) is 6.67. The molecule has 0 saturated carbocycles. The summed E-state index contributed by atoms with van der Waals surface area (Å²) in [5.41, 5.74) is 1.00. The number of ether oxygens (including phenoxy) is 1. The van der Waals surface area contributed by atoms with Gasteiger partial charge in [-0.2, -0.15) is 0 Å². The first-order chi connectivity index (χ1) is 9.29. The largest absolute Gasteiger partial charge is 0.497 e. The van der Waals surface area contributed by atoms with Crippen molar-refractivity contribution >= 4 is 5.91 Å². The summed E-state index contributed by atoms with van der Waals surface area (Å²) in [4.78, 5) is 14.5. The average Bonchev–Trinajstić information content (AvgIpc) is 2.47. The zero-order valence-electron chi connectivity index (χ0n) is 11.1. The Balaban J connectivity index is 1.92. The predicted molar refractivity (Wildman–Crippen MR) is 72.1 cm³/mol. The number of rotatable bonds is 2. The van der Waals surface area contributed by atoms with Crippen LogP contribution in [-0.4, -0.2) is 50.1 Å². The molecule has 2 aliphatic rings. The lowest BCUT2D eigenvalue weighted by Gasteiger charge is -2.44. The van der Waals surface area contributed by atoms with E-state index in [-0.39, 0.29) is 11.9 Å². The van der Waals surface area contributed by atoms with Crippen molar-refractivity contribution in [3.05, 3.63) is 29.8 Å². The predicted octanol–water partition coefficient (Wildman–Crippen LogP) is 0.140. The van der Waals surface area contributed by atoms with E-state index < -0.39 is 0 Å². The van der Waals surface area contributed by atoms with Gasteiger partial charge in [-0.25, -0.2) is 0 Å². The maximum absolute atomic E-state index is 12.2. The van der Waals surface area contributed by atoms with Crippen LogP contribution in [0.1, 0.15) is 11.6 Å². The first-order valence-electron chi connectivity index (χ1n) is 6.67. The molecule has 0 aromatic heterocycles. The topological polar surface area (TPSA) is 53.6 Å². The highest BCUT2D eigenvalue weighted by Gasteiger charge is 2.38. The van der Waals surface area contributed by atoms with E-state index in [1.807, 2.05) is 24.3 Å². The van der Waals surface area contributed by atoms with Gasteiger partial charge in [0.2, 0.25) is 5.91 Å². The van der Waals surface area contributed by atoms with Gasteiger partial charge in [-0.15, -0.1) is 0 Å². The van der Waals surface area contributed by atoms with Crippen LogP contribution in [-0.2, 0) is 4.79 Å². The fraction of sp³-hybridized carbons (Fsp3) is 0.500. The number of piperazine rings is 2. The molecule has 1 aromatic carbocycles. The first kappa shape index (κ1) is 12.4. The third-order valence-electron chi connectivity index (χ3n) is 3.90. The lowest BCUT2D eigenvalue weighted by Crippen LogP contribution is -2.63. The Morgan fingerprint density at radius 1 is 1.37 bits per heavy atom. The van der Waals surface area contributed by atoms with Crippen molar-refractivity contribution in [3.63, 3.8) is 0 Å². The van der Waals surface area contributed by atoms with Gasteiger partial charge in [0, 0.05) is 32.2 Å². The normalized spacial score (nSPS) is 27.5. The van der Waals surface area contributed by atoms with E-state index >= 15 is 0 Å². The molecule has 19 heavy (non-hydrogen) atoms. The smallest absolute Gasteiger partial charge is 0.242 e. The van der Waals surface area contributed by atoms with Gasteiger partial charge in [0.05, 0.1) is 7.11 Å². The molecule has 0 bridgehead atoms. The third kappa shape index (κ3) is 2.31. The highest BCUT2D eigenvalue weighted by atomic mass is 16.5. The Bertz CT molecular complexity index is 478. The Morgan fingerprint density at radius 3 is 3.11 bits per heavy atom. The second kappa shape index (κ2) is 5.19. The van der Waals surface area contributed by atoms with E-state index in [1.165, 1.54) is 0 Å². The van der Waals surface area contributed by atoms with Gasteiger partial charge in [0.15, 0.2) is 0 Å². The quantitative estimate of drug-likeness (QED) is 0.795. The Labute approximate surface area is 112 Å². The number of hydrogen-bond acceptors (Lipinski definition) is 4. The van der Waals surface area contributed by atoms with E-state index in [9.17, 15) is 4.79 Å². The molecule has 2 N–H and O–H groups in total. The summed E-state index contributed by atoms with van der Waals surface area (Å²) in [5, 5.41) is 6.38. The Morgan fingerprint density at radius 2 is 2.26 bits per heavy atom. The van der Waals surface area contributed by atoms with Crippen LogP contribution in [0, 0.1) is 0 Å². The summed E-state index contributed by atoms with van der Waals surface area (Å²) >= 11 is 0. The molecule has 5 nitrogen and oxygen atoms in total. The number of carbonyl (C=O) groups is 1. The van der Waals surface area contributed by atoms with Crippen molar-refractivity contribution in [1.82, 2.24) is 15.5 Å². The maximum atomic E-state index is 12.2. The number of amides is 1. The Hall–Kier alpha value is -1.59. The van der Waals surface area contributed by atoms with Gasteiger partial charge in [0.25, 0.3) is 0 Å². The summed E-state index contributed by atoms with van der Waals surface area (Å²) in [6, 6.07) is 7.97. The van der Waals surface area contributed by atoms with Crippen LogP contribution in [0.4, 0.5) is 0 Å². The number of nitrogens with zero attached hydrogens (tertiary/aromatic N) is 1. The fourth-order valence-corrected chi connectivity index (χ4v) is 2.93. The van der Waals surface area contributed by atoms with Crippen LogP contribution >= 0.6 is 0 Å². The van der Waals surface area contributed by atoms with Crippen LogP contribution < -0.4 is 15.4 Å². The number of hydrogen-bond donors (Lipinski definition) is 2. The lowest BCUT2D eigenvalue weighted by atomic mass is 9.97. The molecule has 2 aliphatic heterocycles. The molecule has 1 amide bonds. The maximum Gasteiger partial charge on any atom is 0.242 e. The number of carbonyl (C=O) groups excluding carboxylic acids is 1. The molecule has 0 radical (unpaired) electrons. The molecular weight excluding hydrogens is 242 g/mol. The lowest BCUT2D eigenvalue weighted by molar-refractivity contribution is -0.132. The van der Waals surface area contributed by atoms with Gasteiger partial charge in [-0.3, -0.25) is 9.69 Å². The molecule has 0 aliphatic carbocycles. The summed E-state index contributed by atoms with van der Waals surface area (Å²) in [5.74, 6) is 0.883. The van der Waals surface area contributed by atoms with Crippen LogP contribution in [0.2, 0.25) is 0 Å². The highest BCUT2D eigenvalue weighted by Crippen LogP contribution is 2.29. The molecular formula is C14H19N3O2. The molecule has 2 atom stereocenters. The molecule has 0 spiro atoms. The molecule has 3 rings (SSSR count). The number of benzene rings is 1. The van der Waals surface area contributed by atoms with Crippen molar-refractivity contribution in [2.45, 2.75) is 12.1 Å². The molecule has 102 valence electrons. The molecule has 5 heteroatoms. The SMILES string of the molecule is COc1cccc(C2C(=O)NCC3CNCCN32)c1. The zero-order valence-corrected chi connectivity index (χ0v) is 11.1. The number of fused-ring (bicyclic) bond motifs is 1. The molecule has 2 saturated heterocycles. The minimum Gasteiger partial charge on any atom is -0.497 e. The van der Waals surface area contributed by atoms with Crippen LogP contribution in [0.15, 0.2) is 24.3 Å². The second-order valence-corrected chi connectivity index (χ2v) is 5.02. The van der Waals surface area contributed by atoms with Gasteiger partial charge in [-0.1, -0.05) is 12.1 Å². The van der Waals surface area contributed by atoms with Crippen molar-refractivity contribution in [2.24, 2.45) is 0 Å². The van der Waals surface area contributed by atoms with Crippen LogP contribution in [0.3, 0.4) is 0 Å². The van der Waals surface area contributed by atoms with Crippen molar-refractivity contribution in [3.8, 4) is 5.75 Å². The third-order valence-corrected chi connectivity index (χ3v) is 3.90. The van der Waals surface area contributed by atoms with Crippen molar-refractivity contribution in [2.75, 3.05) is 33.3 Å². The van der Waals surface area contributed by atoms with E-state index in [2.05, 4.69) is 15.5 Å². The average molecular weight is 261 g/mol. The summed E-state index contributed by atoms with van der Waals surface area (Å²) in [6.45, 7) is 3.50. The van der Waals surface area contributed by atoms with E-state index in [4.69, 9.17) is 4.74 Å². The van der Waals surface area contributed by atoms with Gasteiger partial charge in [-0.05, 0) is 17.7 Å². The molecule has 2 unspecified atom stereocenters. The summed E-state index contributed by atoms with van der Waals surface area (Å²) in [6.07, 6.45) is 0. The zero-order chi connectivity index (χ0) is 13.2.